The van der Waals surface area contributed by atoms with Gasteiger partial charge >= 0.3 is 5.97 Å². The number of carbonyl (C=O) groups is 1. The van der Waals surface area contributed by atoms with E-state index in [1.807, 2.05) is 6.92 Å². The Bertz CT molecular complexity index is 132. The van der Waals surface area contributed by atoms with Crippen molar-refractivity contribution in [1.82, 2.24) is 0 Å². The Morgan fingerprint density at radius 2 is 2.08 bits per heavy atom. The molecule has 0 radical (unpaired) electrons. The summed E-state index contributed by atoms with van der Waals surface area (Å²) < 4.78 is 0. The Balaban J connectivity index is 0. The molecule has 2 atom stereocenters. The van der Waals surface area contributed by atoms with Crippen LogP contribution in [0.3, 0.4) is 0 Å². The first-order chi connectivity index (χ1) is 5.09. The molecule has 0 aromatic rings. The van der Waals surface area contributed by atoms with Gasteiger partial charge in [-0.05, 0) is 6.42 Å². The fraction of sp³-hybridized carbons (Fsp3) is 0.857. The molecule has 0 rings (SSSR count). The normalized spacial score (nSPS) is 14.6. The highest BCUT2D eigenvalue weighted by atomic mass is 35.5. The lowest BCUT2D eigenvalue weighted by Crippen LogP contribution is -2.41. The van der Waals surface area contributed by atoms with Gasteiger partial charge in [-0.3, -0.25) is 4.79 Å². The fourth-order valence-corrected chi connectivity index (χ4v) is 0.757. The predicted molar refractivity (Wildman–Crippen MR) is 48.4 cm³/mol. The first kappa shape index (κ1) is 14.2. The summed E-state index contributed by atoms with van der Waals surface area (Å²) in [4.78, 5) is 10.2. The molecule has 4 N–H and O–H groups in total. The van der Waals surface area contributed by atoms with Crippen LogP contribution in [0.25, 0.3) is 0 Å². The average Bonchev–Trinajstić information content (AvgIpc) is 1.98. The quantitative estimate of drug-likeness (QED) is 0.595. The van der Waals surface area contributed by atoms with E-state index in [0.29, 0.717) is 6.42 Å². The van der Waals surface area contributed by atoms with Gasteiger partial charge < -0.3 is 15.9 Å². The molecule has 0 aliphatic heterocycles. The summed E-state index contributed by atoms with van der Waals surface area (Å²) in [5, 5.41) is 17.5. The maximum absolute atomic E-state index is 10.2. The van der Waals surface area contributed by atoms with E-state index >= 15 is 0 Å². The molecule has 0 bridgehead atoms. The Hall–Kier alpha value is -0.320. The van der Waals surface area contributed by atoms with Crippen LogP contribution in [0.5, 0.6) is 0 Å². The molecule has 0 aromatic carbocycles. The average molecular weight is 198 g/mol. The Morgan fingerprint density at radius 3 is 2.42 bits per heavy atom. The minimum Gasteiger partial charge on any atom is -0.480 e. The van der Waals surface area contributed by atoms with E-state index in [4.69, 9.17) is 15.9 Å². The van der Waals surface area contributed by atoms with Gasteiger partial charge in [0.15, 0.2) is 0 Å². The van der Waals surface area contributed by atoms with Gasteiger partial charge in [-0.2, -0.15) is 0 Å². The largest absolute Gasteiger partial charge is 0.480 e. The van der Waals surface area contributed by atoms with Crippen LogP contribution in [0.15, 0.2) is 0 Å². The highest BCUT2D eigenvalue weighted by Crippen LogP contribution is 2.02. The SMILES string of the molecule is CCCC[C@@H](O)[C@H](N)C(=O)O.Cl. The van der Waals surface area contributed by atoms with Gasteiger partial charge in [0, 0.05) is 0 Å². The second kappa shape index (κ2) is 7.34. The van der Waals surface area contributed by atoms with Crippen LogP contribution in [0.1, 0.15) is 26.2 Å². The van der Waals surface area contributed by atoms with E-state index in [-0.39, 0.29) is 12.4 Å². The molecule has 0 spiro atoms. The van der Waals surface area contributed by atoms with Gasteiger partial charge in [-0.15, -0.1) is 12.4 Å². The van der Waals surface area contributed by atoms with E-state index in [2.05, 4.69) is 0 Å². The number of carboxylic acids is 1. The Labute approximate surface area is 78.2 Å². The molecule has 0 heterocycles. The van der Waals surface area contributed by atoms with Gasteiger partial charge in [0.05, 0.1) is 6.10 Å². The molecule has 12 heavy (non-hydrogen) atoms. The summed E-state index contributed by atoms with van der Waals surface area (Å²) >= 11 is 0. The summed E-state index contributed by atoms with van der Waals surface area (Å²) in [5.74, 6) is -1.14. The fourth-order valence-electron chi connectivity index (χ4n) is 0.757. The van der Waals surface area contributed by atoms with Crippen LogP contribution >= 0.6 is 12.4 Å². The van der Waals surface area contributed by atoms with Crippen molar-refractivity contribution in [3.63, 3.8) is 0 Å². The van der Waals surface area contributed by atoms with Crippen molar-refractivity contribution in [2.75, 3.05) is 0 Å². The second-order valence-corrected chi connectivity index (χ2v) is 2.57. The van der Waals surface area contributed by atoms with E-state index in [0.717, 1.165) is 12.8 Å². The Kier molecular flexibility index (Phi) is 8.69. The molecule has 0 aromatic heterocycles. The summed E-state index contributed by atoms with van der Waals surface area (Å²) in [7, 11) is 0. The van der Waals surface area contributed by atoms with Crippen LogP contribution in [0, 0.1) is 0 Å². The number of carboxylic acid groups (broad SMARTS) is 1. The van der Waals surface area contributed by atoms with Crippen molar-refractivity contribution >= 4 is 18.4 Å². The van der Waals surface area contributed by atoms with E-state index < -0.39 is 18.1 Å². The summed E-state index contributed by atoms with van der Waals surface area (Å²) in [6, 6.07) is -1.14. The van der Waals surface area contributed by atoms with Crippen molar-refractivity contribution < 1.29 is 15.0 Å². The lowest BCUT2D eigenvalue weighted by Gasteiger charge is -2.13. The van der Waals surface area contributed by atoms with Crippen LogP contribution in [-0.2, 0) is 4.79 Å². The number of aliphatic hydroxyl groups excluding tert-OH is 1. The highest BCUT2D eigenvalue weighted by Gasteiger charge is 2.20. The summed E-state index contributed by atoms with van der Waals surface area (Å²) in [5.41, 5.74) is 5.15. The van der Waals surface area contributed by atoms with Crippen molar-refractivity contribution in [1.29, 1.82) is 0 Å². The minimum absolute atomic E-state index is 0. The molecule has 0 aliphatic rings. The molecule has 0 saturated heterocycles. The van der Waals surface area contributed by atoms with Crippen LogP contribution < -0.4 is 5.73 Å². The molecule has 0 saturated carbocycles. The first-order valence-electron chi connectivity index (χ1n) is 3.76. The smallest absolute Gasteiger partial charge is 0.323 e. The van der Waals surface area contributed by atoms with E-state index in [9.17, 15) is 4.79 Å². The standard InChI is InChI=1S/C7H15NO3.ClH/c1-2-3-4-5(9)6(8)7(10)11;/h5-6,9H,2-4,8H2,1H3,(H,10,11);1H/t5-,6+;/m1./s1. The lowest BCUT2D eigenvalue weighted by molar-refractivity contribution is -0.141. The zero-order chi connectivity index (χ0) is 8.85. The van der Waals surface area contributed by atoms with Crippen LogP contribution in [0.2, 0.25) is 0 Å². The topological polar surface area (TPSA) is 83.5 Å². The van der Waals surface area contributed by atoms with Gasteiger partial charge in [-0.1, -0.05) is 19.8 Å². The maximum atomic E-state index is 10.2. The van der Waals surface area contributed by atoms with Crippen LogP contribution in [0.4, 0.5) is 0 Å². The molecule has 74 valence electrons. The van der Waals surface area contributed by atoms with Crippen molar-refractivity contribution in [2.24, 2.45) is 5.73 Å². The molecule has 0 aliphatic carbocycles. The number of hydrogen-bond donors (Lipinski definition) is 3. The van der Waals surface area contributed by atoms with Crippen molar-refractivity contribution in [3.8, 4) is 0 Å². The molecular formula is C7H16ClNO3. The zero-order valence-corrected chi connectivity index (χ0v) is 7.88. The van der Waals surface area contributed by atoms with E-state index in [1.165, 1.54) is 0 Å². The summed E-state index contributed by atoms with van der Waals surface area (Å²) in [6.07, 6.45) is 1.29. The molecule has 5 heteroatoms. The third-order valence-corrected chi connectivity index (χ3v) is 1.55. The van der Waals surface area contributed by atoms with Gasteiger partial charge in [0.2, 0.25) is 0 Å². The third-order valence-electron chi connectivity index (χ3n) is 1.55. The molecular weight excluding hydrogens is 182 g/mol. The number of aliphatic hydroxyl groups is 1. The van der Waals surface area contributed by atoms with Gasteiger partial charge in [-0.25, -0.2) is 0 Å². The van der Waals surface area contributed by atoms with Crippen molar-refractivity contribution in [3.05, 3.63) is 0 Å². The zero-order valence-electron chi connectivity index (χ0n) is 7.06. The van der Waals surface area contributed by atoms with Gasteiger partial charge in [0.25, 0.3) is 0 Å². The molecule has 4 nitrogen and oxygen atoms in total. The second-order valence-electron chi connectivity index (χ2n) is 2.57. The number of nitrogens with two attached hydrogens (primary N) is 1. The summed E-state index contributed by atoms with van der Waals surface area (Å²) in [6.45, 7) is 1.97. The third kappa shape index (κ3) is 5.35. The number of unbranched alkanes of at least 4 members (excludes halogenated alkanes) is 1. The maximum Gasteiger partial charge on any atom is 0.323 e. The minimum atomic E-state index is -1.14. The Morgan fingerprint density at radius 1 is 1.58 bits per heavy atom. The number of hydrogen-bond acceptors (Lipinski definition) is 3. The lowest BCUT2D eigenvalue weighted by atomic mass is 10.1. The van der Waals surface area contributed by atoms with E-state index in [1.54, 1.807) is 0 Å². The molecule has 0 amide bonds. The number of halogens is 1. The highest BCUT2D eigenvalue weighted by molar-refractivity contribution is 5.85. The van der Waals surface area contributed by atoms with Crippen molar-refractivity contribution in [2.45, 2.75) is 38.3 Å². The molecule has 0 unspecified atom stereocenters. The number of rotatable bonds is 5. The first-order valence-corrected chi connectivity index (χ1v) is 3.76. The molecule has 0 fully saturated rings. The number of aliphatic carboxylic acids is 1. The monoisotopic (exact) mass is 197 g/mol. The van der Waals surface area contributed by atoms with Gasteiger partial charge in [0.1, 0.15) is 6.04 Å². The predicted octanol–water partition coefficient (Wildman–Crippen LogP) is 0.371. The van der Waals surface area contributed by atoms with Crippen LogP contribution in [-0.4, -0.2) is 28.3 Å².